The number of benzene rings is 3. The molecule has 7 heteroatoms. The van der Waals surface area contributed by atoms with Crippen molar-refractivity contribution in [2.75, 3.05) is 23.9 Å². The number of carboxylic acid groups (broad SMARTS) is 1. The second-order valence-electron chi connectivity index (χ2n) is 8.50. The zero-order chi connectivity index (χ0) is 27.2. The molecule has 6 nitrogen and oxygen atoms in total. The summed E-state index contributed by atoms with van der Waals surface area (Å²) >= 11 is 0. The molecule has 4 aromatic rings. The number of aromatic nitrogens is 1. The maximum Gasteiger partial charge on any atom is 0.328 e. The van der Waals surface area contributed by atoms with Crippen molar-refractivity contribution in [2.45, 2.75) is 6.52 Å². The van der Waals surface area contributed by atoms with Crippen LogP contribution in [-0.4, -0.2) is 36.1 Å². The molecule has 186 valence electrons. The quantitative estimate of drug-likeness (QED) is 0.308. The number of rotatable bonds is 8. The molecule has 1 aromatic heterocycles. The van der Waals surface area contributed by atoms with E-state index < -0.39 is 24.2 Å². The Balaban J connectivity index is 1.73. The van der Waals surface area contributed by atoms with Crippen LogP contribution in [0.1, 0.15) is 22.9 Å². The highest BCUT2D eigenvalue weighted by molar-refractivity contribution is 6.06. The van der Waals surface area contributed by atoms with Gasteiger partial charge in [-0.15, -0.1) is 0 Å². The molecule has 1 heterocycles. The molecule has 0 aliphatic carbocycles. The maximum atomic E-state index is 15.5. The molecule has 4 rings (SSSR count). The van der Waals surface area contributed by atoms with Crippen molar-refractivity contribution < 1.29 is 20.5 Å². The minimum Gasteiger partial charge on any atom is -0.478 e. The van der Waals surface area contributed by atoms with E-state index in [0.717, 1.165) is 22.2 Å². The number of carbonyl (C=O) groups excluding carboxylic acids is 1. The summed E-state index contributed by atoms with van der Waals surface area (Å²) in [7, 11) is 3.88. The third kappa shape index (κ3) is 6.27. The summed E-state index contributed by atoms with van der Waals surface area (Å²) in [6, 6.07) is 22.2. The van der Waals surface area contributed by atoms with Crippen LogP contribution in [0.5, 0.6) is 0 Å². The van der Waals surface area contributed by atoms with E-state index in [4.69, 9.17) is 6.48 Å². The van der Waals surface area contributed by atoms with Crippen LogP contribution in [-0.2, 0) is 11.3 Å². The lowest BCUT2D eigenvalue weighted by molar-refractivity contribution is -0.131. The summed E-state index contributed by atoms with van der Waals surface area (Å²) in [5, 5.41) is 8.95. The summed E-state index contributed by atoms with van der Waals surface area (Å²) in [4.78, 5) is 31.7. The van der Waals surface area contributed by atoms with Crippen LogP contribution in [0.15, 0.2) is 97.3 Å². The molecule has 0 spiro atoms. The molecule has 0 saturated heterocycles. The van der Waals surface area contributed by atoms with Crippen molar-refractivity contribution in [1.29, 1.82) is 0 Å². The fourth-order valence-electron chi connectivity index (χ4n) is 3.71. The molecule has 0 aliphatic heterocycles. The fraction of sp³-hybridized carbons (Fsp3) is 0.100. The van der Waals surface area contributed by atoms with E-state index in [0.29, 0.717) is 16.7 Å². The second-order valence-corrected chi connectivity index (χ2v) is 8.50. The predicted molar refractivity (Wildman–Crippen MR) is 144 cm³/mol. The molecular formula is C30H26FN3O3. The summed E-state index contributed by atoms with van der Waals surface area (Å²) < 4.78 is 24.4. The summed E-state index contributed by atoms with van der Waals surface area (Å²) in [6.45, 7) is -1.44. The number of carbonyl (C=O) groups is 2. The molecule has 0 unspecified atom stereocenters. The standard InChI is InChI=1S/C30H26FN3O3/c1-33(2)26-13-11-22(12-14-26)24-9-10-25(28(31)17-24)20-34(30(37)23-6-4-3-5-7-23)27-16-21(18-32-19-27)8-15-29(35)36/h3-19H,20H2,1-2H3,(H,35,36)/b15-8+/i20D/t20-/m1/s1. The first kappa shape index (κ1) is 23.9. The summed E-state index contributed by atoms with van der Waals surface area (Å²) in [6.07, 6.45) is 5.11. The van der Waals surface area contributed by atoms with E-state index in [1.54, 1.807) is 36.4 Å². The Morgan fingerprint density at radius 1 is 0.946 bits per heavy atom. The molecule has 0 radical (unpaired) electrons. The Labute approximate surface area is 216 Å². The van der Waals surface area contributed by atoms with Gasteiger partial charge in [0.1, 0.15) is 5.82 Å². The third-order valence-electron chi connectivity index (χ3n) is 5.67. The van der Waals surface area contributed by atoms with Crippen LogP contribution < -0.4 is 9.80 Å². The van der Waals surface area contributed by atoms with Gasteiger partial charge in [-0.3, -0.25) is 9.78 Å². The van der Waals surface area contributed by atoms with Crippen molar-refractivity contribution in [2.24, 2.45) is 0 Å². The number of anilines is 2. The van der Waals surface area contributed by atoms with E-state index in [1.807, 2.05) is 43.3 Å². The summed E-state index contributed by atoms with van der Waals surface area (Å²) in [5.74, 6) is -2.28. The van der Waals surface area contributed by atoms with E-state index in [1.165, 1.54) is 36.7 Å². The Hall–Kier alpha value is -4.78. The highest BCUT2D eigenvalue weighted by Crippen LogP contribution is 2.27. The lowest BCUT2D eigenvalue weighted by Crippen LogP contribution is -2.31. The van der Waals surface area contributed by atoms with Crippen molar-refractivity contribution in [3.8, 4) is 11.1 Å². The van der Waals surface area contributed by atoms with Gasteiger partial charge in [-0.2, -0.15) is 0 Å². The highest BCUT2D eigenvalue weighted by Gasteiger charge is 2.20. The fourth-order valence-corrected chi connectivity index (χ4v) is 3.71. The van der Waals surface area contributed by atoms with Crippen LogP contribution in [0, 0.1) is 5.82 Å². The van der Waals surface area contributed by atoms with Crippen molar-refractivity contribution in [3.05, 3.63) is 120 Å². The van der Waals surface area contributed by atoms with Gasteiger partial charge in [-0.05, 0) is 59.2 Å². The second kappa shape index (κ2) is 11.3. The highest BCUT2D eigenvalue weighted by atomic mass is 19.1. The van der Waals surface area contributed by atoms with Crippen molar-refractivity contribution in [3.63, 3.8) is 0 Å². The lowest BCUT2D eigenvalue weighted by atomic mass is 10.0. The molecular weight excluding hydrogens is 469 g/mol. The smallest absolute Gasteiger partial charge is 0.328 e. The number of hydrogen-bond acceptors (Lipinski definition) is 4. The molecule has 3 aromatic carbocycles. The molecule has 37 heavy (non-hydrogen) atoms. The van der Waals surface area contributed by atoms with Gasteiger partial charge in [0.05, 0.1) is 19.8 Å². The SMILES string of the molecule is [2H][C@H](c1ccc(-c2ccc(N(C)C)cc2)cc1F)N(C(=O)c1ccccc1)c1cncc(/C=C/C(=O)O)c1. The maximum absolute atomic E-state index is 15.5. The van der Waals surface area contributed by atoms with Crippen molar-refractivity contribution >= 4 is 29.3 Å². The first-order valence-corrected chi connectivity index (χ1v) is 11.5. The van der Waals surface area contributed by atoms with Gasteiger partial charge in [-0.25, -0.2) is 9.18 Å². The zero-order valence-corrected chi connectivity index (χ0v) is 20.4. The molecule has 1 atom stereocenters. The molecule has 1 N–H and O–H groups in total. The molecule has 0 fully saturated rings. The van der Waals surface area contributed by atoms with E-state index in [9.17, 15) is 9.59 Å². The van der Waals surface area contributed by atoms with Crippen LogP contribution >= 0.6 is 0 Å². The number of aliphatic carboxylic acids is 1. The Kier molecular flexibility index (Phi) is 7.31. The lowest BCUT2D eigenvalue weighted by Gasteiger charge is -2.23. The molecule has 0 saturated carbocycles. The van der Waals surface area contributed by atoms with Crippen molar-refractivity contribution in [1.82, 2.24) is 4.98 Å². The van der Waals surface area contributed by atoms with Gasteiger partial charge < -0.3 is 14.9 Å². The van der Waals surface area contributed by atoms with Gasteiger partial charge in [-0.1, -0.05) is 42.5 Å². The van der Waals surface area contributed by atoms with Crippen LogP contribution in [0.2, 0.25) is 0 Å². The minimum absolute atomic E-state index is 0.00873. The predicted octanol–water partition coefficient (Wildman–Crippen LogP) is 5.90. The van der Waals surface area contributed by atoms with Gasteiger partial charge >= 0.3 is 5.97 Å². The van der Waals surface area contributed by atoms with Crippen LogP contribution in [0.25, 0.3) is 17.2 Å². The minimum atomic E-state index is -1.44. The van der Waals surface area contributed by atoms with E-state index in [-0.39, 0.29) is 11.3 Å². The van der Waals surface area contributed by atoms with E-state index in [2.05, 4.69) is 4.98 Å². The average Bonchev–Trinajstić information content (AvgIpc) is 2.92. The number of nitrogens with zero attached hydrogens (tertiary/aromatic N) is 3. The van der Waals surface area contributed by atoms with Crippen LogP contribution in [0.3, 0.4) is 0 Å². The van der Waals surface area contributed by atoms with Gasteiger partial charge in [0, 0.05) is 43.2 Å². The Bertz CT molecular complexity index is 1470. The first-order valence-electron chi connectivity index (χ1n) is 12.1. The van der Waals surface area contributed by atoms with Crippen LogP contribution in [0.4, 0.5) is 15.8 Å². The number of hydrogen-bond donors (Lipinski definition) is 1. The topological polar surface area (TPSA) is 73.7 Å². The normalized spacial score (nSPS) is 12.1. The zero-order valence-electron chi connectivity index (χ0n) is 21.4. The number of halogens is 1. The number of amides is 1. The van der Waals surface area contributed by atoms with E-state index >= 15 is 4.39 Å². The monoisotopic (exact) mass is 496 g/mol. The first-order chi connectivity index (χ1) is 18.2. The third-order valence-corrected chi connectivity index (χ3v) is 5.67. The van der Waals surface area contributed by atoms with Gasteiger partial charge in [0.25, 0.3) is 5.91 Å². The number of pyridine rings is 1. The molecule has 0 aliphatic rings. The Morgan fingerprint density at radius 3 is 2.30 bits per heavy atom. The number of carboxylic acids is 1. The van der Waals surface area contributed by atoms with Gasteiger partial charge in [0.15, 0.2) is 0 Å². The Morgan fingerprint density at radius 2 is 1.65 bits per heavy atom. The molecule has 0 bridgehead atoms. The average molecular weight is 497 g/mol. The summed E-state index contributed by atoms with van der Waals surface area (Å²) in [5.41, 5.74) is 3.45. The molecule has 1 amide bonds. The largest absolute Gasteiger partial charge is 0.478 e. The van der Waals surface area contributed by atoms with Gasteiger partial charge in [0.2, 0.25) is 0 Å².